The maximum Gasteiger partial charge on any atom is 0.181 e. The van der Waals surface area contributed by atoms with E-state index in [1.165, 1.54) is 0 Å². The number of nitrogens with one attached hydrogen (secondary N) is 1. The molecule has 0 unspecified atom stereocenters. The van der Waals surface area contributed by atoms with E-state index in [2.05, 4.69) is 27.8 Å². The molecule has 2 N–H and O–H groups in total. The van der Waals surface area contributed by atoms with Crippen molar-refractivity contribution in [3.05, 3.63) is 60.1 Å². The van der Waals surface area contributed by atoms with Crippen LogP contribution in [0.25, 0.3) is 32.9 Å². The van der Waals surface area contributed by atoms with E-state index in [4.69, 9.17) is 9.97 Å². The number of nitrogens with zero attached hydrogens (tertiary/aromatic N) is 3. The maximum atomic E-state index is 9.69. The molecule has 0 aliphatic carbocycles. The van der Waals surface area contributed by atoms with Crippen molar-refractivity contribution in [3.63, 3.8) is 0 Å². The second-order valence-electron chi connectivity index (χ2n) is 6.04. The summed E-state index contributed by atoms with van der Waals surface area (Å²) in [4.78, 5) is 14.7. The fraction of sp³-hybridized carbons (Fsp3) is 0.150. The van der Waals surface area contributed by atoms with Crippen molar-refractivity contribution in [2.45, 2.75) is 13.0 Å². The molecule has 0 amide bonds. The molecular formula is C20H18N4OS. The van der Waals surface area contributed by atoms with E-state index in [0.717, 1.165) is 32.9 Å². The van der Waals surface area contributed by atoms with Crippen LogP contribution in [0.15, 0.2) is 60.1 Å². The van der Waals surface area contributed by atoms with Gasteiger partial charge in [0.2, 0.25) is 0 Å². The van der Waals surface area contributed by atoms with E-state index >= 15 is 0 Å². The monoisotopic (exact) mass is 362 g/mol. The molecule has 5 nitrogen and oxygen atoms in total. The van der Waals surface area contributed by atoms with E-state index < -0.39 is 6.10 Å². The third-order valence-corrected chi connectivity index (χ3v) is 4.85. The molecule has 1 atom stereocenters. The second kappa shape index (κ2) is 7.19. The molecule has 6 heteroatoms. The SMILES string of the molecule is C[C@H](O)CNc1nc(-c2ccccn2)nc2scc(-c3ccccc3)c12. The standard InChI is InChI=1S/C20H18N4OS/c1-13(25)11-22-19-17-15(14-7-3-2-4-8-14)12-26-20(17)24-18(23-19)16-9-5-6-10-21-16/h2-10,12-13,25H,11H2,1H3,(H,22,23,24)/t13-/m0/s1. The van der Waals surface area contributed by atoms with Gasteiger partial charge in [0.15, 0.2) is 5.82 Å². The van der Waals surface area contributed by atoms with Crippen molar-refractivity contribution in [1.82, 2.24) is 15.0 Å². The number of hydrogen-bond acceptors (Lipinski definition) is 6. The second-order valence-corrected chi connectivity index (χ2v) is 6.89. The van der Waals surface area contributed by atoms with E-state index in [-0.39, 0.29) is 0 Å². The topological polar surface area (TPSA) is 70.9 Å². The average Bonchev–Trinajstić information content (AvgIpc) is 3.11. The van der Waals surface area contributed by atoms with E-state index in [9.17, 15) is 5.11 Å². The van der Waals surface area contributed by atoms with Gasteiger partial charge >= 0.3 is 0 Å². The molecule has 1 aromatic carbocycles. The molecule has 0 radical (unpaired) electrons. The summed E-state index contributed by atoms with van der Waals surface area (Å²) in [5, 5.41) is 16.0. The Morgan fingerprint density at radius 3 is 2.62 bits per heavy atom. The van der Waals surface area contributed by atoms with Crippen molar-refractivity contribution < 1.29 is 5.11 Å². The number of aromatic nitrogens is 3. The first kappa shape index (κ1) is 16.6. The zero-order chi connectivity index (χ0) is 17.9. The molecule has 0 spiro atoms. The van der Waals surface area contributed by atoms with Gasteiger partial charge in [-0.2, -0.15) is 0 Å². The van der Waals surface area contributed by atoms with Crippen LogP contribution in [0.3, 0.4) is 0 Å². The summed E-state index contributed by atoms with van der Waals surface area (Å²) in [5.74, 6) is 1.30. The Bertz CT molecular complexity index is 1020. The highest BCUT2D eigenvalue weighted by Crippen LogP contribution is 2.37. The molecule has 130 valence electrons. The minimum Gasteiger partial charge on any atom is -0.392 e. The van der Waals surface area contributed by atoms with Gasteiger partial charge in [-0.15, -0.1) is 11.3 Å². The molecule has 3 aromatic heterocycles. The zero-order valence-electron chi connectivity index (χ0n) is 14.3. The van der Waals surface area contributed by atoms with Crippen LogP contribution >= 0.6 is 11.3 Å². The zero-order valence-corrected chi connectivity index (χ0v) is 15.1. The lowest BCUT2D eigenvalue weighted by atomic mass is 10.1. The predicted molar refractivity (Wildman–Crippen MR) is 106 cm³/mol. The first-order valence-electron chi connectivity index (χ1n) is 8.40. The first-order valence-corrected chi connectivity index (χ1v) is 9.28. The molecular weight excluding hydrogens is 344 g/mol. The molecule has 0 saturated heterocycles. The average molecular weight is 362 g/mol. The lowest BCUT2D eigenvalue weighted by Gasteiger charge is -2.11. The highest BCUT2D eigenvalue weighted by Gasteiger charge is 2.16. The molecule has 0 fully saturated rings. The molecule has 0 saturated carbocycles. The number of pyridine rings is 1. The smallest absolute Gasteiger partial charge is 0.181 e. The Morgan fingerprint density at radius 2 is 1.88 bits per heavy atom. The molecule has 4 aromatic rings. The van der Waals surface area contributed by atoms with Gasteiger partial charge in [0.1, 0.15) is 16.3 Å². The number of hydrogen-bond donors (Lipinski definition) is 2. The lowest BCUT2D eigenvalue weighted by molar-refractivity contribution is 0.208. The van der Waals surface area contributed by atoms with Crippen LogP contribution in [0.1, 0.15) is 6.92 Å². The highest BCUT2D eigenvalue weighted by molar-refractivity contribution is 7.17. The van der Waals surface area contributed by atoms with Crippen LogP contribution in [-0.4, -0.2) is 32.7 Å². The number of anilines is 1. The lowest BCUT2D eigenvalue weighted by Crippen LogP contribution is -2.16. The van der Waals surface area contributed by atoms with Crippen LogP contribution < -0.4 is 5.32 Å². The van der Waals surface area contributed by atoms with E-state index in [1.54, 1.807) is 24.5 Å². The summed E-state index contributed by atoms with van der Waals surface area (Å²) in [5.41, 5.74) is 2.93. The van der Waals surface area contributed by atoms with Crippen LogP contribution in [0.2, 0.25) is 0 Å². The highest BCUT2D eigenvalue weighted by atomic mass is 32.1. The third kappa shape index (κ3) is 3.29. The van der Waals surface area contributed by atoms with Gasteiger partial charge in [-0.1, -0.05) is 36.4 Å². The number of thiophene rings is 1. The van der Waals surface area contributed by atoms with Gasteiger partial charge in [-0.3, -0.25) is 4.98 Å². The normalized spacial score (nSPS) is 12.2. The summed E-state index contributed by atoms with van der Waals surface area (Å²) < 4.78 is 0. The van der Waals surface area contributed by atoms with Gasteiger partial charge in [0, 0.05) is 23.7 Å². The fourth-order valence-electron chi connectivity index (χ4n) is 2.75. The van der Waals surface area contributed by atoms with Gasteiger partial charge in [0.05, 0.1) is 11.5 Å². The van der Waals surface area contributed by atoms with Gasteiger partial charge < -0.3 is 10.4 Å². The number of rotatable bonds is 5. The van der Waals surface area contributed by atoms with Crippen LogP contribution in [-0.2, 0) is 0 Å². The van der Waals surface area contributed by atoms with Gasteiger partial charge in [0.25, 0.3) is 0 Å². The first-order chi connectivity index (χ1) is 12.7. The third-order valence-electron chi connectivity index (χ3n) is 3.98. The predicted octanol–water partition coefficient (Wildman–Crippen LogP) is 4.21. The summed E-state index contributed by atoms with van der Waals surface area (Å²) in [6, 6.07) is 15.9. The molecule has 26 heavy (non-hydrogen) atoms. The van der Waals surface area contributed by atoms with Crippen molar-refractivity contribution in [1.29, 1.82) is 0 Å². The summed E-state index contributed by atoms with van der Waals surface area (Å²) in [7, 11) is 0. The van der Waals surface area contributed by atoms with E-state index in [0.29, 0.717) is 12.4 Å². The largest absolute Gasteiger partial charge is 0.392 e. The quantitative estimate of drug-likeness (QED) is 0.556. The minimum atomic E-state index is -0.475. The number of aliphatic hydroxyl groups is 1. The summed E-state index contributed by atoms with van der Waals surface area (Å²) in [6.45, 7) is 2.16. The van der Waals surface area contributed by atoms with Crippen LogP contribution in [0, 0.1) is 0 Å². The van der Waals surface area contributed by atoms with Crippen LogP contribution in [0.5, 0.6) is 0 Å². The number of aliphatic hydroxyl groups excluding tert-OH is 1. The Labute approximate surface area is 155 Å². The Hall–Kier alpha value is -2.83. The summed E-state index contributed by atoms with van der Waals surface area (Å²) >= 11 is 1.58. The molecule has 0 aliphatic heterocycles. The Kier molecular flexibility index (Phi) is 4.60. The van der Waals surface area contributed by atoms with Crippen molar-refractivity contribution >= 4 is 27.4 Å². The van der Waals surface area contributed by atoms with Gasteiger partial charge in [-0.05, 0) is 24.6 Å². The molecule has 3 heterocycles. The van der Waals surface area contributed by atoms with Crippen molar-refractivity contribution in [2.24, 2.45) is 0 Å². The Morgan fingerprint density at radius 1 is 1.08 bits per heavy atom. The van der Waals surface area contributed by atoms with Crippen LogP contribution in [0.4, 0.5) is 5.82 Å². The number of fused-ring (bicyclic) bond motifs is 1. The number of benzene rings is 1. The molecule has 0 bridgehead atoms. The van der Waals surface area contributed by atoms with Crippen molar-refractivity contribution in [2.75, 3.05) is 11.9 Å². The van der Waals surface area contributed by atoms with Gasteiger partial charge in [-0.25, -0.2) is 9.97 Å². The molecule has 4 rings (SSSR count). The van der Waals surface area contributed by atoms with E-state index in [1.807, 2.05) is 36.4 Å². The minimum absolute atomic E-state index is 0.415. The summed E-state index contributed by atoms with van der Waals surface area (Å²) in [6.07, 6.45) is 1.26. The maximum absolute atomic E-state index is 9.69. The molecule has 0 aliphatic rings. The Balaban J connectivity index is 1.89. The fourth-order valence-corrected chi connectivity index (χ4v) is 3.70. The van der Waals surface area contributed by atoms with Crippen molar-refractivity contribution in [3.8, 4) is 22.6 Å².